The van der Waals surface area contributed by atoms with Gasteiger partial charge in [-0.15, -0.1) is 0 Å². The van der Waals surface area contributed by atoms with E-state index in [1.807, 2.05) is 24.3 Å². The zero-order chi connectivity index (χ0) is 26.6. The van der Waals surface area contributed by atoms with Crippen LogP contribution in [0.1, 0.15) is 25.3 Å². The van der Waals surface area contributed by atoms with Crippen molar-refractivity contribution < 1.29 is 49.4 Å². The second-order valence-corrected chi connectivity index (χ2v) is 8.93. The molecule has 0 unspecified atom stereocenters. The average Bonchev–Trinajstić information content (AvgIpc) is 3.19. The number of aromatic nitrogens is 1. The molecule has 198 valence electrons. The zero-order valence-corrected chi connectivity index (χ0v) is 19.5. The van der Waals surface area contributed by atoms with E-state index in [1.165, 1.54) is 0 Å². The third-order valence-corrected chi connectivity index (χ3v) is 6.10. The van der Waals surface area contributed by atoms with E-state index in [0.717, 1.165) is 23.4 Å². The number of carboxylic acid groups (broad SMARTS) is 1. The summed E-state index contributed by atoms with van der Waals surface area (Å²) in [4.78, 5) is 38.3. The smallest absolute Gasteiger partial charge is 0.364 e. The van der Waals surface area contributed by atoms with E-state index in [4.69, 9.17) is 15.2 Å². The Morgan fingerprint density at radius 2 is 2.00 bits per heavy atom. The van der Waals surface area contributed by atoms with Gasteiger partial charge in [0.15, 0.2) is 0 Å². The fourth-order valence-electron chi connectivity index (χ4n) is 4.35. The highest BCUT2D eigenvalue weighted by molar-refractivity contribution is 5.84. The molecule has 3 rings (SSSR count). The molecule has 0 radical (unpaired) electrons. The van der Waals surface area contributed by atoms with Crippen LogP contribution >= 0.6 is 0 Å². The second kappa shape index (κ2) is 11.3. The van der Waals surface area contributed by atoms with Gasteiger partial charge < -0.3 is 51.0 Å². The van der Waals surface area contributed by atoms with Gasteiger partial charge in [0.25, 0.3) is 5.79 Å². The first-order valence-electron chi connectivity index (χ1n) is 11.3. The number of esters is 1. The molecular weight excluding hydrogens is 478 g/mol. The molecule has 1 aliphatic heterocycles. The number of aliphatic hydroxyl groups is 4. The normalized spacial score (nSPS) is 26.7. The standard InChI is InChI=1S/C23H31N3O10/c1-11(27)26-20(30)19-17(29)8-23(34,22(32)33)36-18(19)7-13(28)10-35-21(31)15(24)6-12-9-25-16-5-3-2-4-14(12)16/h2-5,9,13,15,17-20,25,28-30,34H,6-8,10,24H2,1H3,(H,26,27)(H,32,33)/t13-,15+,17-,18-,19-,20-,23-/m0/s1. The molecule has 1 aromatic carbocycles. The van der Waals surface area contributed by atoms with E-state index in [2.05, 4.69) is 10.3 Å². The van der Waals surface area contributed by atoms with Gasteiger partial charge in [-0.1, -0.05) is 18.2 Å². The van der Waals surface area contributed by atoms with E-state index in [0.29, 0.717) is 0 Å². The molecule has 1 fully saturated rings. The highest BCUT2D eigenvalue weighted by atomic mass is 16.7. The summed E-state index contributed by atoms with van der Waals surface area (Å²) in [6, 6.07) is 6.45. The summed E-state index contributed by atoms with van der Waals surface area (Å²) in [5.74, 6) is -7.27. The maximum absolute atomic E-state index is 12.4. The van der Waals surface area contributed by atoms with Crippen LogP contribution in [0.4, 0.5) is 0 Å². The largest absolute Gasteiger partial charge is 0.477 e. The van der Waals surface area contributed by atoms with E-state index in [9.17, 15) is 39.9 Å². The van der Waals surface area contributed by atoms with Gasteiger partial charge in [0, 0.05) is 43.3 Å². The number of H-pyrrole nitrogens is 1. The fraction of sp³-hybridized carbons (Fsp3) is 0.522. The SMILES string of the molecule is CC(=O)N[C@@H](O)[C@@H]1[C@H](C[C@H](O)COC(=O)[C@H](N)Cc2c[nH]c3ccccc23)O[C@](O)(C(=O)O)C[C@@H]1O. The van der Waals surface area contributed by atoms with Gasteiger partial charge in [0.1, 0.15) is 18.9 Å². The molecular formula is C23H31N3O10. The highest BCUT2D eigenvalue weighted by Crippen LogP contribution is 2.35. The molecule has 1 amide bonds. The van der Waals surface area contributed by atoms with E-state index >= 15 is 0 Å². The molecule has 0 aliphatic carbocycles. The minimum absolute atomic E-state index is 0.174. The molecule has 0 bridgehead atoms. The van der Waals surface area contributed by atoms with Gasteiger partial charge in [0.05, 0.1) is 24.2 Å². The van der Waals surface area contributed by atoms with Crippen molar-refractivity contribution in [3.63, 3.8) is 0 Å². The molecule has 1 aromatic heterocycles. The summed E-state index contributed by atoms with van der Waals surface area (Å²) in [7, 11) is 0. The number of benzene rings is 1. The molecule has 13 nitrogen and oxygen atoms in total. The predicted molar refractivity (Wildman–Crippen MR) is 123 cm³/mol. The van der Waals surface area contributed by atoms with Crippen molar-refractivity contribution in [2.45, 2.75) is 62.6 Å². The van der Waals surface area contributed by atoms with Gasteiger partial charge >= 0.3 is 11.9 Å². The summed E-state index contributed by atoms with van der Waals surface area (Å²) in [5.41, 5.74) is 7.66. The van der Waals surface area contributed by atoms with Gasteiger partial charge in [-0.2, -0.15) is 0 Å². The van der Waals surface area contributed by atoms with Crippen LogP contribution in [-0.2, 0) is 30.3 Å². The number of amides is 1. The van der Waals surface area contributed by atoms with Gasteiger partial charge in [-0.05, 0) is 11.6 Å². The van der Waals surface area contributed by atoms with Crippen molar-refractivity contribution in [1.29, 1.82) is 0 Å². The number of rotatable bonds is 10. The van der Waals surface area contributed by atoms with Crippen molar-refractivity contribution in [3.05, 3.63) is 36.0 Å². The van der Waals surface area contributed by atoms with Crippen molar-refractivity contribution in [2.24, 2.45) is 11.7 Å². The Balaban J connectivity index is 1.61. The Labute approximate surface area is 205 Å². The summed E-state index contributed by atoms with van der Waals surface area (Å²) >= 11 is 0. The number of fused-ring (bicyclic) bond motifs is 1. The molecule has 2 aromatic rings. The van der Waals surface area contributed by atoms with Crippen LogP contribution < -0.4 is 11.1 Å². The number of ether oxygens (including phenoxy) is 2. The van der Waals surface area contributed by atoms with Crippen LogP contribution in [-0.4, -0.2) is 91.3 Å². The number of para-hydroxylation sites is 1. The molecule has 0 saturated carbocycles. The van der Waals surface area contributed by atoms with Crippen LogP contribution in [0, 0.1) is 5.92 Å². The number of aliphatic carboxylic acids is 1. The van der Waals surface area contributed by atoms with Gasteiger partial charge in [-0.3, -0.25) is 9.59 Å². The van der Waals surface area contributed by atoms with Crippen molar-refractivity contribution in [1.82, 2.24) is 10.3 Å². The Morgan fingerprint density at radius 1 is 1.31 bits per heavy atom. The monoisotopic (exact) mass is 509 g/mol. The van der Waals surface area contributed by atoms with Crippen molar-refractivity contribution in [2.75, 3.05) is 6.61 Å². The third kappa shape index (κ3) is 6.37. The lowest BCUT2D eigenvalue weighted by molar-refractivity contribution is -0.297. The molecule has 36 heavy (non-hydrogen) atoms. The van der Waals surface area contributed by atoms with Gasteiger partial charge in [0.2, 0.25) is 5.91 Å². The summed E-state index contributed by atoms with van der Waals surface area (Å²) in [6.07, 6.45) is -5.45. The lowest BCUT2D eigenvalue weighted by atomic mass is 9.83. The van der Waals surface area contributed by atoms with E-state index in [-0.39, 0.29) is 6.42 Å². The number of hydrogen-bond donors (Lipinski definition) is 8. The Morgan fingerprint density at radius 3 is 2.67 bits per heavy atom. The number of hydrogen-bond acceptors (Lipinski definition) is 10. The van der Waals surface area contributed by atoms with Crippen molar-refractivity contribution in [3.8, 4) is 0 Å². The minimum atomic E-state index is -2.78. The predicted octanol–water partition coefficient (Wildman–Crippen LogP) is -1.67. The summed E-state index contributed by atoms with van der Waals surface area (Å²) in [5, 5.41) is 53.7. The van der Waals surface area contributed by atoms with Crippen LogP contribution in [0.5, 0.6) is 0 Å². The maximum Gasteiger partial charge on any atom is 0.364 e. The Kier molecular flexibility index (Phi) is 8.66. The first-order chi connectivity index (χ1) is 16.9. The summed E-state index contributed by atoms with van der Waals surface area (Å²) < 4.78 is 10.3. The number of aromatic amines is 1. The lowest BCUT2D eigenvalue weighted by Crippen LogP contribution is -2.61. The molecule has 1 aliphatic rings. The molecule has 1 saturated heterocycles. The van der Waals surface area contributed by atoms with Crippen molar-refractivity contribution >= 4 is 28.7 Å². The topological polar surface area (TPSA) is 225 Å². The third-order valence-electron chi connectivity index (χ3n) is 6.10. The maximum atomic E-state index is 12.4. The van der Waals surface area contributed by atoms with E-state index < -0.39 is 79.6 Å². The Hall–Kier alpha value is -3.07. The molecule has 9 N–H and O–H groups in total. The molecule has 13 heteroatoms. The summed E-state index contributed by atoms with van der Waals surface area (Å²) in [6.45, 7) is 0.570. The second-order valence-electron chi connectivity index (χ2n) is 8.93. The van der Waals surface area contributed by atoms with Gasteiger partial charge in [-0.25, -0.2) is 4.79 Å². The lowest BCUT2D eigenvalue weighted by Gasteiger charge is -2.44. The first kappa shape index (κ1) is 27.5. The van der Waals surface area contributed by atoms with E-state index in [1.54, 1.807) is 6.20 Å². The first-order valence-corrected chi connectivity index (χ1v) is 11.3. The number of nitrogens with two attached hydrogens (primary N) is 1. The molecule has 0 spiro atoms. The van der Waals surface area contributed by atoms with Crippen LogP contribution in [0.15, 0.2) is 30.5 Å². The zero-order valence-electron chi connectivity index (χ0n) is 19.5. The average molecular weight is 510 g/mol. The minimum Gasteiger partial charge on any atom is -0.477 e. The fourth-order valence-corrected chi connectivity index (χ4v) is 4.35. The Bertz CT molecular complexity index is 1090. The number of carbonyl (C=O) groups excluding carboxylic acids is 2. The number of carbonyl (C=O) groups is 3. The number of carboxylic acids is 1. The van der Waals surface area contributed by atoms with Crippen LogP contribution in [0.25, 0.3) is 10.9 Å². The quantitative estimate of drug-likeness (QED) is 0.133. The number of aliphatic hydroxyl groups excluding tert-OH is 3. The molecule has 2 heterocycles. The van der Waals surface area contributed by atoms with Crippen LogP contribution in [0.2, 0.25) is 0 Å². The van der Waals surface area contributed by atoms with Crippen LogP contribution in [0.3, 0.4) is 0 Å². The highest BCUT2D eigenvalue weighted by Gasteiger charge is 2.53. The number of nitrogens with one attached hydrogen (secondary N) is 2. The molecule has 7 atom stereocenters.